The number of nitrogens with zero attached hydrogens (tertiary/aromatic N) is 1. The van der Waals surface area contributed by atoms with E-state index in [9.17, 15) is 18.0 Å². The van der Waals surface area contributed by atoms with Gasteiger partial charge in [0.25, 0.3) is 0 Å². The van der Waals surface area contributed by atoms with Crippen LogP contribution >= 0.6 is 0 Å². The van der Waals surface area contributed by atoms with Crippen molar-refractivity contribution in [1.29, 1.82) is 0 Å². The Labute approximate surface area is 133 Å². The maximum atomic E-state index is 12.9. The molecule has 0 aliphatic carbocycles. The molecule has 0 bridgehead atoms. The molecule has 1 N–H and O–H groups in total. The van der Waals surface area contributed by atoms with Gasteiger partial charge in [0.2, 0.25) is 0 Å². The van der Waals surface area contributed by atoms with Gasteiger partial charge < -0.3 is 15.0 Å². The summed E-state index contributed by atoms with van der Waals surface area (Å²) in [4.78, 5) is 14.7. The molecule has 1 unspecified atom stereocenters. The first-order valence-electron chi connectivity index (χ1n) is 7.55. The van der Waals surface area contributed by atoms with Gasteiger partial charge in [0.05, 0.1) is 18.2 Å². The van der Waals surface area contributed by atoms with E-state index in [4.69, 9.17) is 4.74 Å². The van der Waals surface area contributed by atoms with Crippen molar-refractivity contribution < 1.29 is 22.7 Å². The lowest BCUT2D eigenvalue weighted by atomic mass is 9.96. The van der Waals surface area contributed by atoms with Gasteiger partial charge in [-0.2, -0.15) is 13.2 Å². The number of methoxy groups -OCH3 is 1. The third kappa shape index (κ3) is 4.45. The van der Waals surface area contributed by atoms with E-state index < -0.39 is 17.7 Å². The minimum absolute atomic E-state index is 0.00930. The van der Waals surface area contributed by atoms with Crippen molar-refractivity contribution in [1.82, 2.24) is 10.2 Å². The number of ketones is 1. The molecule has 0 amide bonds. The number of halogens is 3. The predicted molar refractivity (Wildman–Crippen MR) is 80.8 cm³/mol. The van der Waals surface area contributed by atoms with E-state index in [1.807, 2.05) is 0 Å². The van der Waals surface area contributed by atoms with Gasteiger partial charge in [-0.3, -0.25) is 4.79 Å². The number of ether oxygens (including phenoxy) is 1. The molecule has 1 atom stereocenters. The molecule has 0 saturated carbocycles. The highest BCUT2D eigenvalue weighted by Gasteiger charge is 2.32. The normalized spacial score (nSPS) is 17.8. The average molecular weight is 330 g/mol. The topological polar surface area (TPSA) is 41.6 Å². The molecule has 1 heterocycles. The van der Waals surface area contributed by atoms with Crippen LogP contribution < -0.4 is 10.1 Å². The van der Waals surface area contributed by atoms with Crippen LogP contribution in [0.3, 0.4) is 0 Å². The van der Waals surface area contributed by atoms with Crippen LogP contribution in [0.4, 0.5) is 13.2 Å². The van der Waals surface area contributed by atoms with E-state index in [2.05, 4.69) is 10.2 Å². The first-order valence-corrected chi connectivity index (χ1v) is 7.55. The molecule has 0 spiro atoms. The number of nitrogens with one attached hydrogen (secondary N) is 1. The molecule has 1 fully saturated rings. The summed E-state index contributed by atoms with van der Waals surface area (Å²) in [5.41, 5.74) is -0.846. The zero-order valence-corrected chi connectivity index (χ0v) is 13.2. The lowest BCUT2D eigenvalue weighted by Gasteiger charge is -2.29. The Balaban J connectivity index is 2.19. The number of Topliss-reactive ketones (excluding diaryl/α,β-unsaturated/α-hetero) is 1. The predicted octanol–water partition coefficient (Wildman–Crippen LogP) is 2.44. The van der Waals surface area contributed by atoms with Crippen molar-refractivity contribution in [2.75, 3.05) is 39.8 Å². The lowest BCUT2D eigenvalue weighted by Crippen LogP contribution is -2.45. The number of alkyl halides is 3. The van der Waals surface area contributed by atoms with Crippen LogP contribution in [0.15, 0.2) is 18.2 Å². The Morgan fingerprint density at radius 3 is 2.57 bits per heavy atom. The number of rotatable bonds is 5. The summed E-state index contributed by atoms with van der Waals surface area (Å²) in [6.07, 6.45) is -4.48. The SMILES string of the molecule is COc1ccc(C(F)(F)F)cc1C(=O)C(C)CN1CCNCC1. The molecule has 0 aromatic heterocycles. The summed E-state index contributed by atoms with van der Waals surface area (Å²) in [5, 5.41) is 3.22. The maximum absolute atomic E-state index is 12.9. The van der Waals surface area contributed by atoms with Crippen molar-refractivity contribution in [2.24, 2.45) is 5.92 Å². The van der Waals surface area contributed by atoms with Crippen molar-refractivity contribution in [2.45, 2.75) is 13.1 Å². The van der Waals surface area contributed by atoms with Gasteiger partial charge in [0.1, 0.15) is 5.75 Å². The number of benzene rings is 1. The van der Waals surface area contributed by atoms with Crippen molar-refractivity contribution in [3.8, 4) is 5.75 Å². The van der Waals surface area contributed by atoms with E-state index in [1.165, 1.54) is 13.2 Å². The molecule has 128 valence electrons. The highest BCUT2D eigenvalue weighted by atomic mass is 19.4. The standard InChI is InChI=1S/C16H21F3N2O2/c1-11(10-21-7-5-20-6-8-21)15(22)13-9-12(16(17,18)19)3-4-14(13)23-2/h3-4,9,11,20H,5-8,10H2,1-2H3. The van der Waals surface area contributed by atoms with Crippen LogP contribution in [0, 0.1) is 5.92 Å². The number of hydrogen-bond acceptors (Lipinski definition) is 4. The quantitative estimate of drug-likeness (QED) is 0.842. The Morgan fingerprint density at radius 1 is 1.35 bits per heavy atom. The molecule has 7 heteroatoms. The van der Waals surface area contributed by atoms with E-state index >= 15 is 0 Å². The van der Waals surface area contributed by atoms with Crippen LogP contribution in [0.25, 0.3) is 0 Å². The molecular weight excluding hydrogens is 309 g/mol. The zero-order chi connectivity index (χ0) is 17.0. The fourth-order valence-corrected chi connectivity index (χ4v) is 2.71. The average Bonchev–Trinajstić information content (AvgIpc) is 2.53. The van der Waals surface area contributed by atoms with Gasteiger partial charge in [0.15, 0.2) is 5.78 Å². The molecule has 1 aromatic carbocycles. The molecule has 0 radical (unpaired) electrons. The smallest absolute Gasteiger partial charge is 0.416 e. The summed E-state index contributed by atoms with van der Waals surface area (Å²) >= 11 is 0. The van der Waals surface area contributed by atoms with Crippen LogP contribution in [0.1, 0.15) is 22.8 Å². The summed E-state index contributed by atoms with van der Waals surface area (Å²) in [6.45, 7) is 5.64. The molecule has 4 nitrogen and oxygen atoms in total. The van der Waals surface area contributed by atoms with Gasteiger partial charge in [-0.1, -0.05) is 6.92 Å². The Morgan fingerprint density at radius 2 is 2.00 bits per heavy atom. The highest BCUT2D eigenvalue weighted by Crippen LogP contribution is 2.33. The second-order valence-corrected chi connectivity index (χ2v) is 5.73. The fraction of sp³-hybridized carbons (Fsp3) is 0.562. The first kappa shape index (κ1) is 17.7. The van der Waals surface area contributed by atoms with Crippen LogP contribution in [-0.2, 0) is 6.18 Å². The lowest BCUT2D eigenvalue weighted by molar-refractivity contribution is -0.137. The molecule has 1 saturated heterocycles. The van der Waals surface area contributed by atoms with Crippen LogP contribution in [0.2, 0.25) is 0 Å². The fourth-order valence-electron chi connectivity index (χ4n) is 2.71. The Kier molecular flexibility index (Phi) is 5.64. The minimum atomic E-state index is -4.48. The molecule has 2 rings (SSSR count). The third-order valence-corrected chi connectivity index (χ3v) is 3.98. The van der Waals surface area contributed by atoms with E-state index in [0.717, 1.165) is 38.3 Å². The molecular formula is C16H21F3N2O2. The summed E-state index contributed by atoms with van der Waals surface area (Å²) in [7, 11) is 1.35. The summed E-state index contributed by atoms with van der Waals surface area (Å²) < 4.78 is 43.7. The summed E-state index contributed by atoms with van der Waals surface area (Å²) in [5.74, 6) is -0.549. The number of piperazine rings is 1. The maximum Gasteiger partial charge on any atom is 0.416 e. The zero-order valence-electron chi connectivity index (χ0n) is 13.2. The molecule has 23 heavy (non-hydrogen) atoms. The Bertz CT molecular complexity index is 555. The third-order valence-electron chi connectivity index (χ3n) is 3.98. The molecule has 1 aliphatic rings. The second kappa shape index (κ2) is 7.31. The van der Waals surface area contributed by atoms with E-state index in [-0.39, 0.29) is 17.1 Å². The van der Waals surface area contributed by atoms with Crippen molar-refractivity contribution in [3.05, 3.63) is 29.3 Å². The second-order valence-electron chi connectivity index (χ2n) is 5.73. The monoisotopic (exact) mass is 330 g/mol. The molecule has 1 aliphatic heterocycles. The van der Waals surface area contributed by atoms with E-state index in [0.29, 0.717) is 6.54 Å². The van der Waals surface area contributed by atoms with Gasteiger partial charge in [-0.25, -0.2) is 0 Å². The number of carbonyl (C=O) groups is 1. The van der Waals surface area contributed by atoms with Crippen molar-refractivity contribution in [3.63, 3.8) is 0 Å². The molecule has 1 aromatic rings. The van der Waals surface area contributed by atoms with Gasteiger partial charge in [-0.15, -0.1) is 0 Å². The van der Waals surface area contributed by atoms with Crippen LogP contribution in [-0.4, -0.2) is 50.5 Å². The summed E-state index contributed by atoms with van der Waals surface area (Å²) in [6, 6.07) is 3.01. The van der Waals surface area contributed by atoms with Crippen LogP contribution in [0.5, 0.6) is 5.75 Å². The van der Waals surface area contributed by atoms with E-state index in [1.54, 1.807) is 6.92 Å². The Hall–Kier alpha value is -1.60. The van der Waals surface area contributed by atoms with Gasteiger partial charge >= 0.3 is 6.18 Å². The number of carbonyl (C=O) groups excluding carboxylic acids is 1. The van der Waals surface area contributed by atoms with Gasteiger partial charge in [-0.05, 0) is 18.2 Å². The highest BCUT2D eigenvalue weighted by molar-refractivity contribution is 6.00. The van der Waals surface area contributed by atoms with Gasteiger partial charge in [0, 0.05) is 38.6 Å². The number of hydrogen-bond donors (Lipinski definition) is 1. The largest absolute Gasteiger partial charge is 0.496 e. The minimum Gasteiger partial charge on any atom is -0.496 e. The first-order chi connectivity index (χ1) is 10.8. The van der Waals surface area contributed by atoms with Crippen molar-refractivity contribution >= 4 is 5.78 Å².